The smallest absolute Gasteiger partial charge is 0.420 e. The number of piperazine rings is 1. The first-order valence-electron chi connectivity index (χ1n) is 12.2. The summed E-state index contributed by atoms with van der Waals surface area (Å²) in [5.74, 6) is -0.334. The predicted molar refractivity (Wildman–Crippen MR) is 146 cm³/mol. The van der Waals surface area contributed by atoms with E-state index in [-0.39, 0.29) is 16.4 Å². The molecule has 8 nitrogen and oxygen atoms in total. The number of anilines is 3. The van der Waals surface area contributed by atoms with Gasteiger partial charge in [0.1, 0.15) is 17.7 Å². The number of hydrogen-bond acceptors (Lipinski definition) is 7. The van der Waals surface area contributed by atoms with Crippen molar-refractivity contribution in [3.8, 4) is 0 Å². The highest BCUT2D eigenvalue weighted by Gasteiger charge is 2.34. The second-order valence-corrected chi connectivity index (χ2v) is 11.3. The van der Waals surface area contributed by atoms with E-state index in [4.69, 9.17) is 22.1 Å². The lowest BCUT2D eigenvalue weighted by atomic mass is 9.89. The van der Waals surface area contributed by atoms with E-state index in [1.807, 2.05) is 6.07 Å². The SMILES string of the molecule is CN1CCN(C(C)(C)c2cc3ncnc(N(C(=O)OC(C)(C)C)c4ccc(F)c(Cl)c4)c3cc2N)CC1. The first-order chi connectivity index (χ1) is 17.3. The fourth-order valence-electron chi connectivity index (χ4n) is 4.60. The van der Waals surface area contributed by atoms with Crippen molar-refractivity contribution in [1.29, 1.82) is 0 Å². The van der Waals surface area contributed by atoms with Gasteiger partial charge in [0.25, 0.3) is 0 Å². The van der Waals surface area contributed by atoms with Gasteiger partial charge < -0.3 is 15.4 Å². The molecule has 3 aromatic rings. The summed E-state index contributed by atoms with van der Waals surface area (Å²) in [6, 6.07) is 7.76. The van der Waals surface area contributed by atoms with Crippen LogP contribution in [0.5, 0.6) is 0 Å². The fourth-order valence-corrected chi connectivity index (χ4v) is 4.77. The third kappa shape index (κ3) is 5.63. The van der Waals surface area contributed by atoms with Crippen LogP contribution in [0, 0.1) is 5.82 Å². The van der Waals surface area contributed by atoms with Gasteiger partial charge in [0.15, 0.2) is 5.82 Å². The van der Waals surface area contributed by atoms with Crippen LogP contribution in [0.15, 0.2) is 36.7 Å². The second-order valence-electron chi connectivity index (χ2n) is 10.9. The van der Waals surface area contributed by atoms with E-state index in [1.165, 1.54) is 29.4 Å². The van der Waals surface area contributed by atoms with Gasteiger partial charge in [0, 0.05) is 42.8 Å². The van der Waals surface area contributed by atoms with Gasteiger partial charge in [0.2, 0.25) is 0 Å². The summed E-state index contributed by atoms with van der Waals surface area (Å²) < 4.78 is 19.6. The molecule has 0 radical (unpaired) electrons. The van der Waals surface area contributed by atoms with Crippen LogP contribution in [0.4, 0.5) is 26.4 Å². The maximum absolute atomic E-state index is 14.0. The van der Waals surface area contributed by atoms with Crippen LogP contribution in [-0.4, -0.2) is 64.7 Å². The number of carbonyl (C=O) groups excluding carboxylic acids is 1. The quantitative estimate of drug-likeness (QED) is 0.443. The number of aromatic nitrogens is 2. The number of fused-ring (bicyclic) bond motifs is 1. The summed E-state index contributed by atoms with van der Waals surface area (Å²) in [5.41, 5.74) is 7.97. The Morgan fingerprint density at radius 2 is 1.76 bits per heavy atom. The lowest BCUT2D eigenvalue weighted by Crippen LogP contribution is -2.52. The van der Waals surface area contributed by atoms with Crippen molar-refractivity contribution in [2.45, 2.75) is 45.8 Å². The molecule has 1 aromatic heterocycles. The number of nitrogens with two attached hydrogens (primary N) is 1. The topological polar surface area (TPSA) is 87.8 Å². The van der Waals surface area contributed by atoms with E-state index in [2.05, 4.69) is 40.7 Å². The summed E-state index contributed by atoms with van der Waals surface area (Å²) in [7, 11) is 2.12. The predicted octanol–water partition coefficient (Wildman–Crippen LogP) is 5.56. The van der Waals surface area contributed by atoms with Crippen molar-refractivity contribution in [2.75, 3.05) is 43.9 Å². The molecule has 1 amide bonds. The molecule has 0 bridgehead atoms. The molecular weight excluding hydrogens is 495 g/mol. The first-order valence-corrected chi connectivity index (χ1v) is 12.6. The van der Waals surface area contributed by atoms with Crippen LogP contribution >= 0.6 is 11.6 Å². The second kappa shape index (κ2) is 10.0. The Morgan fingerprint density at radius 1 is 1.08 bits per heavy atom. The van der Waals surface area contributed by atoms with Crippen LogP contribution in [0.25, 0.3) is 10.9 Å². The molecule has 4 rings (SSSR count). The van der Waals surface area contributed by atoms with Crippen LogP contribution < -0.4 is 10.6 Å². The molecule has 37 heavy (non-hydrogen) atoms. The average Bonchev–Trinajstić information content (AvgIpc) is 2.80. The fraction of sp³-hybridized carbons (Fsp3) is 0.444. The molecule has 1 saturated heterocycles. The van der Waals surface area contributed by atoms with Crippen molar-refractivity contribution in [2.24, 2.45) is 0 Å². The molecule has 0 spiro atoms. The largest absolute Gasteiger partial charge is 0.443 e. The van der Waals surface area contributed by atoms with Crippen LogP contribution in [0.3, 0.4) is 0 Å². The number of nitrogens with zero attached hydrogens (tertiary/aromatic N) is 5. The zero-order chi connectivity index (χ0) is 27.1. The number of rotatable bonds is 4. The Labute approximate surface area is 222 Å². The molecule has 0 aliphatic carbocycles. The number of likely N-dealkylation sites (N-methyl/N-ethyl adjacent to an activating group) is 1. The minimum Gasteiger partial charge on any atom is -0.443 e. The Morgan fingerprint density at radius 3 is 2.38 bits per heavy atom. The summed E-state index contributed by atoms with van der Waals surface area (Å²) in [4.78, 5) is 28.3. The Hall–Kier alpha value is -3.01. The minimum atomic E-state index is -0.777. The van der Waals surface area contributed by atoms with Crippen molar-refractivity contribution in [3.63, 3.8) is 0 Å². The maximum Gasteiger partial charge on any atom is 0.420 e. The normalized spacial score (nSPS) is 15.7. The van der Waals surface area contributed by atoms with E-state index in [9.17, 15) is 9.18 Å². The number of benzene rings is 2. The highest BCUT2D eigenvalue weighted by molar-refractivity contribution is 6.31. The first kappa shape index (κ1) is 27.0. The molecule has 0 atom stereocenters. The average molecular weight is 529 g/mol. The summed E-state index contributed by atoms with van der Waals surface area (Å²) in [5, 5.41) is 0.435. The standard InChI is InChI=1S/C27H34ClFN6O2/c1-26(2,3)37-25(36)35(17-7-8-21(29)20(28)13-17)24-18-14-22(30)19(15-23(18)31-16-32-24)27(4,5)34-11-9-33(6)10-12-34/h7-8,13-16H,9-12,30H2,1-6H3. The number of halogens is 2. The van der Waals surface area contributed by atoms with Crippen LogP contribution in [0.1, 0.15) is 40.2 Å². The highest BCUT2D eigenvalue weighted by Crippen LogP contribution is 2.39. The summed E-state index contributed by atoms with van der Waals surface area (Å²) in [6.45, 7) is 13.4. The number of amides is 1. The van der Waals surface area contributed by atoms with Crippen molar-refractivity contribution in [1.82, 2.24) is 19.8 Å². The zero-order valence-electron chi connectivity index (χ0n) is 22.2. The van der Waals surface area contributed by atoms with Gasteiger partial charge in [-0.1, -0.05) is 11.6 Å². The third-order valence-electron chi connectivity index (χ3n) is 6.69. The van der Waals surface area contributed by atoms with Crippen molar-refractivity contribution >= 4 is 45.8 Å². The maximum atomic E-state index is 14.0. The molecule has 2 N–H and O–H groups in total. The van der Waals surface area contributed by atoms with Gasteiger partial charge in [-0.25, -0.2) is 24.1 Å². The van der Waals surface area contributed by atoms with Crippen molar-refractivity contribution < 1.29 is 13.9 Å². The van der Waals surface area contributed by atoms with Gasteiger partial charge in [0.05, 0.1) is 16.2 Å². The molecule has 2 aromatic carbocycles. The molecule has 1 aliphatic heterocycles. The van der Waals surface area contributed by atoms with Gasteiger partial charge >= 0.3 is 6.09 Å². The molecule has 1 aliphatic rings. The third-order valence-corrected chi connectivity index (χ3v) is 6.98. The van der Waals surface area contributed by atoms with Gasteiger partial charge in [-0.05, 0) is 77.6 Å². The van der Waals surface area contributed by atoms with E-state index < -0.39 is 17.5 Å². The number of carbonyl (C=O) groups is 1. The molecule has 1 fully saturated rings. The Balaban J connectivity index is 1.84. The monoisotopic (exact) mass is 528 g/mol. The van der Waals surface area contributed by atoms with Crippen LogP contribution in [-0.2, 0) is 10.3 Å². The van der Waals surface area contributed by atoms with Gasteiger partial charge in [-0.2, -0.15) is 0 Å². The Bertz CT molecular complexity index is 1320. The van der Waals surface area contributed by atoms with E-state index in [1.54, 1.807) is 26.8 Å². The van der Waals surface area contributed by atoms with E-state index >= 15 is 0 Å². The number of ether oxygens (including phenoxy) is 1. The summed E-state index contributed by atoms with van der Waals surface area (Å²) in [6.07, 6.45) is 0.707. The van der Waals surface area contributed by atoms with Crippen molar-refractivity contribution in [3.05, 3.63) is 53.1 Å². The van der Waals surface area contributed by atoms with Gasteiger partial charge in [-0.15, -0.1) is 0 Å². The zero-order valence-corrected chi connectivity index (χ0v) is 22.9. The molecule has 198 valence electrons. The minimum absolute atomic E-state index is 0.125. The number of hydrogen-bond donors (Lipinski definition) is 1. The summed E-state index contributed by atoms with van der Waals surface area (Å²) >= 11 is 6.07. The van der Waals surface area contributed by atoms with E-state index in [0.717, 1.165) is 31.7 Å². The van der Waals surface area contributed by atoms with E-state index in [0.29, 0.717) is 22.3 Å². The Kier molecular flexibility index (Phi) is 7.34. The molecule has 2 heterocycles. The molecular formula is C27H34ClFN6O2. The molecule has 0 unspecified atom stereocenters. The molecule has 0 saturated carbocycles. The van der Waals surface area contributed by atoms with Crippen LogP contribution in [0.2, 0.25) is 5.02 Å². The lowest BCUT2D eigenvalue weighted by molar-refractivity contribution is 0.0597. The van der Waals surface area contributed by atoms with Gasteiger partial charge in [-0.3, -0.25) is 4.90 Å². The highest BCUT2D eigenvalue weighted by atomic mass is 35.5. The molecule has 10 heteroatoms. The number of nitrogen functional groups attached to an aromatic ring is 1. The lowest BCUT2D eigenvalue weighted by Gasteiger charge is -2.44.